The molecule has 0 spiro atoms. The molecule has 0 atom stereocenters. The highest BCUT2D eigenvalue weighted by atomic mass is 19.1. The molecular formula is C26H34FNO2. The summed E-state index contributed by atoms with van der Waals surface area (Å²) >= 11 is 0. The molecule has 0 aliphatic carbocycles. The van der Waals surface area contributed by atoms with Gasteiger partial charge in [0.1, 0.15) is 23.9 Å². The fourth-order valence-electron chi connectivity index (χ4n) is 3.41. The van der Waals surface area contributed by atoms with Crippen molar-refractivity contribution >= 4 is 11.1 Å². The largest absolute Gasteiger partial charge is 0.492 e. The van der Waals surface area contributed by atoms with Gasteiger partial charge in [-0.05, 0) is 61.3 Å². The first-order valence-electron chi connectivity index (χ1n) is 10.9. The molecule has 1 aliphatic rings. The van der Waals surface area contributed by atoms with Gasteiger partial charge in [0.05, 0.1) is 6.26 Å². The van der Waals surface area contributed by atoms with E-state index in [2.05, 4.69) is 25.3 Å². The van der Waals surface area contributed by atoms with Crippen LogP contribution in [0.5, 0.6) is 11.5 Å². The molecule has 2 aromatic rings. The molecule has 0 bridgehead atoms. The molecule has 0 unspecified atom stereocenters. The Balaban J connectivity index is 0.00000155. The van der Waals surface area contributed by atoms with Gasteiger partial charge in [-0.25, -0.2) is 4.39 Å². The molecular weight excluding hydrogens is 377 g/mol. The minimum atomic E-state index is -0.259. The van der Waals surface area contributed by atoms with Crippen LogP contribution in [0.25, 0.3) is 11.1 Å². The first kappa shape index (κ1) is 23.7. The molecule has 0 radical (unpaired) electrons. The lowest BCUT2D eigenvalue weighted by molar-refractivity contribution is 0.208. The lowest BCUT2D eigenvalue weighted by Crippen LogP contribution is -2.30. The van der Waals surface area contributed by atoms with E-state index < -0.39 is 0 Å². The fourth-order valence-corrected chi connectivity index (χ4v) is 3.41. The van der Waals surface area contributed by atoms with Crippen molar-refractivity contribution in [2.45, 2.75) is 40.5 Å². The van der Waals surface area contributed by atoms with Crippen molar-refractivity contribution in [2.75, 3.05) is 26.2 Å². The van der Waals surface area contributed by atoms with Gasteiger partial charge in [-0.1, -0.05) is 46.4 Å². The molecule has 0 saturated carbocycles. The number of halogens is 1. The second-order valence-corrected chi connectivity index (χ2v) is 6.98. The van der Waals surface area contributed by atoms with Crippen molar-refractivity contribution in [3.8, 4) is 11.5 Å². The van der Waals surface area contributed by atoms with Gasteiger partial charge in [-0.3, -0.25) is 4.90 Å². The van der Waals surface area contributed by atoms with Crippen LogP contribution in [0.3, 0.4) is 0 Å². The molecule has 0 aromatic heterocycles. The van der Waals surface area contributed by atoms with E-state index in [4.69, 9.17) is 9.47 Å². The number of benzene rings is 2. The summed E-state index contributed by atoms with van der Waals surface area (Å²) in [6.07, 6.45) is 3.97. The number of hydrogen-bond donors (Lipinski definition) is 0. The van der Waals surface area contributed by atoms with Crippen LogP contribution in [0.2, 0.25) is 0 Å². The summed E-state index contributed by atoms with van der Waals surface area (Å²) < 4.78 is 25.0. The molecule has 0 fully saturated rings. The van der Waals surface area contributed by atoms with Crippen molar-refractivity contribution < 1.29 is 13.9 Å². The Morgan fingerprint density at radius 2 is 1.63 bits per heavy atom. The van der Waals surface area contributed by atoms with E-state index in [1.807, 2.05) is 32.0 Å². The summed E-state index contributed by atoms with van der Waals surface area (Å²) in [5.41, 5.74) is 3.52. The van der Waals surface area contributed by atoms with Crippen LogP contribution >= 0.6 is 0 Å². The van der Waals surface area contributed by atoms with E-state index in [1.165, 1.54) is 12.1 Å². The van der Waals surface area contributed by atoms with E-state index in [0.717, 1.165) is 66.2 Å². The maximum absolute atomic E-state index is 13.2. The van der Waals surface area contributed by atoms with Gasteiger partial charge >= 0.3 is 0 Å². The normalized spacial score (nSPS) is 12.5. The Kier molecular flexibility index (Phi) is 9.62. The second kappa shape index (κ2) is 12.2. The van der Waals surface area contributed by atoms with Crippen LogP contribution in [0.4, 0.5) is 4.39 Å². The van der Waals surface area contributed by atoms with Crippen LogP contribution in [0, 0.1) is 5.82 Å². The van der Waals surface area contributed by atoms with E-state index >= 15 is 0 Å². The first-order valence-corrected chi connectivity index (χ1v) is 10.9. The predicted molar refractivity (Wildman–Crippen MR) is 124 cm³/mol. The zero-order valence-electron chi connectivity index (χ0n) is 18.7. The molecule has 2 aromatic carbocycles. The summed E-state index contributed by atoms with van der Waals surface area (Å²) in [4.78, 5) is 2.43. The quantitative estimate of drug-likeness (QED) is 0.453. The number of ether oxygens (including phenoxy) is 2. The van der Waals surface area contributed by atoms with Gasteiger partial charge in [0, 0.05) is 23.7 Å². The number of allylic oxidation sites excluding steroid dienone is 2. The number of rotatable bonds is 9. The lowest BCUT2D eigenvalue weighted by atomic mass is 9.92. The highest BCUT2D eigenvalue weighted by molar-refractivity contribution is 6.06. The van der Waals surface area contributed by atoms with Gasteiger partial charge in [-0.15, -0.1) is 0 Å². The third-order valence-electron chi connectivity index (χ3n) is 4.82. The van der Waals surface area contributed by atoms with E-state index in [0.29, 0.717) is 6.61 Å². The molecule has 0 saturated heterocycles. The highest BCUT2D eigenvalue weighted by Gasteiger charge is 2.19. The van der Waals surface area contributed by atoms with Crippen molar-refractivity contribution in [1.29, 1.82) is 0 Å². The molecule has 4 heteroatoms. The Morgan fingerprint density at radius 1 is 0.967 bits per heavy atom. The van der Waals surface area contributed by atoms with Gasteiger partial charge in [-0.2, -0.15) is 0 Å². The van der Waals surface area contributed by atoms with Crippen LogP contribution in [0.15, 0.2) is 55.3 Å². The summed E-state index contributed by atoms with van der Waals surface area (Å²) in [6, 6.07) is 12.2. The number of nitrogens with zero attached hydrogens (tertiary/aromatic N) is 1. The van der Waals surface area contributed by atoms with Gasteiger partial charge in [0.25, 0.3) is 0 Å². The van der Waals surface area contributed by atoms with Crippen LogP contribution in [0.1, 0.15) is 51.7 Å². The van der Waals surface area contributed by atoms with Crippen molar-refractivity contribution in [1.82, 2.24) is 4.90 Å². The van der Waals surface area contributed by atoms with Crippen molar-refractivity contribution in [3.63, 3.8) is 0 Å². The third-order valence-corrected chi connectivity index (χ3v) is 4.82. The maximum atomic E-state index is 13.2. The molecule has 1 aliphatic heterocycles. The van der Waals surface area contributed by atoms with Crippen molar-refractivity contribution in [3.05, 3.63) is 72.2 Å². The zero-order valence-corrected chi connectivity index (χ0v) is 18.7. The monoisotopic (exact) mass is 411 g/mol. The predicted octanol–water partition coefficient (Wildman–Crippen LogP) is 6.80. The molecule has 1 heterocycles. The topological polar surface area (TPSA) is 21.7 Å². The standard InChI is InChI=1S/C24H28FNO2.C2H6/c1-4-12-26(13-5-2)14-15-27-21-10-11-22-18(3)23(17-28-24(22)16-21)19-6-8-20(25)9-7-19;1-2/h6-11,16-17H,3-5,12-15H2,1-2H3;1-2H3. The minimum Gasteiger partial charge on any atom is -0.492 e. The third kappa shape index (κ3) is 6.20. The van der Waals surface area contributed by atoms with Gasteiger partial charge in [0.2, 0.25) is 0 Å². The van der Waals surface area contributed by atoms with Crippen LogP contribution in [-0.2, 0) is 0 Å². The SMILES string of the molecule is C=C1C(c2ccc(F)cc2)=COc2cc(OCCN(CCC)CCC)ccc21.CC. The van der Waals surface area contributed by atoms with Gasteiger partial charge < -0.3 is 9.47 Å². The Morgan fingerprint density at radius 3 is 2.27 bits per heavy atom. The van der Waals surface area contributed by atoms with Gasteiger partial charge in [0.15, 0.2) is 0 Å². The molecule has 0 amide bonds. The summed E-state index contributed by atoms with van der Waals surface area (Å²) in [7, 11) is 0. The number of fused-ring (bicyclic) bond motifs is 1. The molecule has 3 rings (SSSR count). The molecule has 162 valence electrons. The van der Waals surface area contributed by atoms with Crippen LogP contribution in [-0.4, -0.2) is 31.1 Å². The average Bonchev–Trinajstić information content (AvgIpc) is 2.76. The molecule has 3 nitrogen and oxygen atoms in total. The Labute approximate surface area is 180 Å². The Hall–Kier alpha value is -2.59. The van der Waals surface area contributed by atoms with Crippen molar-refractivity contribution in [2.24, 2.45) is 0 Å². The molecule has 30 heavy (non-hydrogen) atoms. The summed E-state index contributed by atoms with van der Waals surface area (Å²) in [5, 5.41) is 0. The highest BCUT2D eigenvalue weighted by Crippen LogP contribution is 2.40. The first-order chi connectivity index (χ1) is 14.6. The Bertz CT molecular complexity index is 837. The minimum absolute atomic E-state index is 0.259. The summed E-state index contributed by atoms with van der Waals surface area (Å²) in [5.74, 6) is 1.26. The van der Waals surface area contributed by atoms with E-state index in [9.17, 15) is 4.39 Å². The fraction of sp³-hybridized carbons (Fsp3) is 0.385. The zero-order chi connectivity index (χ0) is 21.9. The van der Waals surface area contributed by atoms with Crippen LogP contribution < -0.4 is 9.47 Å². The smallest absolute Gasteiger partial charge is 0.138 e. The average molecular weight is 412 g/mol. The van der Waals surface area contributed by atoms with E-state index in [-0.39, 0.29) is 5.82 Å². The second-order valence-electron chi connectivity index (χ2n) is 6.98. The number of hydrogen-bond acceptors (Lipinski definition) is 3. The lowest BCUT2D eigenvalue weighted by Gasteiger charge is -2.22. The van der Waals surface area contributed by atoms with E-state index in [1.54, 1.807) is 18.4 Å². The maximum Gasteiger partial charge on any atom is 0.138 e. The summed E-state index contributed by atoms with van der Waals surface area (Å²) in [6.45, 7) is 16.4. The molecule has 0 N–H and O–H groups in total.